The number of hydrogen-bond acceptors (Lipinski definition) is 3. The van der Waals surface area contributed by atoms with E-state index in [1.54, 1.807) is 11.8 Å². The lowest BCUT2D eigenvalue weighted by Gasteiger charge is -2.36. The molecule has 2 rings (SSSR count). The number of likely N-dealkylation sites (tertiary alicyclic amines) is 1. The normalized spacial score (nSPS) is 22.9. The van der Waals surface area contributed by atoms with E-state index in [1.165, 1.54) is 24.3 Å². The molecule has 0 saturated carbocycles. The lowest BCUT2D eigenvalue weighted by atomic mass is 9.94. The van der Waals surface area contributed by atoms with Gasteiger partial charge >= 0.3 is 6.61 Å². The highest BCUT2D eigenvalue weighted by atomic mass is 19.3. The molecule has 1 amide bonds. The summed E-state index contributed by atoms with van der Waals surface area (Å²) in [4.78, 5) is 13.8. The number of rotatable bonds is 3. The van der Waals surface area contributed by atoms with Crippen molar-refractivity contribution in [1.29, 1.82) is 0 Å². The zero-order valence-electron chi connectivity index (χ0n) is 11.2. The maximum absolute atomic E-state index is 12.2. The van der Waals surface area contributed by atoms with Crippen molar-refractivity contribution in [2.75, 3.05) is 13.1 Å². The molecule has 1 heterocycles. The maximum atomic E-state index is 12.2. The minimum atomic E-state index is -2.88. The minimum absolute atomic E-state index is 0.0159. The van der Waals surface area contributed by atoms with Crippen LogP contribution >= 0.6 is 0 Å². The molecule has 1 N–H and O–H groups in total. The molecule has 0 bridgehead atoms. The molecule has 0 radical (unpaired) electrons. The van der Waals surface area contributed by atoms with Gasteiger partial charge in [-0.3, -0.25) is 4.79 Å². The number of hydrogen-bond donors (Lipinski definition) is 1. The fourth-order valence-electron chi connectivity index (χ4n) is 2.35. The number of ether oxygens (including phenoxy) is 1. The van der Waals surface area contributed by atoms with Gasteiger partial charge in [-0.2, -0.15) is 8.78 Å². The second-order valence-corrected chi connectivity index (χ2v) is 5.23. The average Bonchev–Trinajstić information content (AvgIpc) is 2.37. The Morgan fingerprint density at radius 3 is 2.60 bits per heavy atom. The number of piperidine rings is 1. The van der Waals surface area contributed by atoms with Gasteiger partial charge in [-0.15, -0.1) is 0 Å². The zero-order chi connectivity index (χ0) is 14.8. The molecule has 0 aliphatic carbocycles. The fraction of sp³-hybridized carbons (Fsp3) is 0.500. The SMILES string of the molecule is CC1(O)CCCN(C(=O)c2ccc(OC(F)F)cc2)C1. The van der Waals surface area contributed by atoms with Crippen LogP contribution < -0.4 is 4.74 Å². The quantitative estimate of drug-likeness (QED) is 0.927. The van der Waals surface area contributed by atoms with Crippen LogP contribution in [0.5, 0.6) is 5.75 Å². The smallest absolute Gasteiger partial charge is 0.387 e. The van der Waals surface area contributed by atoms with E-state index in [2.05, 4.69) is 4.74 Å². The topological polar surface area (TPSA) is 49.8 Å². The number of halogens is 2. The molecule has 1 aliphatic rings. The molecule has 1 saturated heterocycles. The third-order valence-electron chi connectivity index (χ3n) is 3.29. The summed E-state index contributed by atoms with van der Waals surface area (Å²) in [7, 11) is 0. The van der Waals surface area contributed by atoms with Crippen molar-refractivity contribution in [2.24, 2.45) is 0 Å². The van der Waals surface area contributed by atoms with Crippen LogP contribution in [0.25, 0.3) is 0 Å². The summed E-state index contributed by atoms with van der Waals surface area (Å²) < 4.78 is 28.3. The number of carbonyl (C=O) groups excluding carboxylic acids is 1. The summed E-state index contributed by atoms with van der Waals surface area (Å²) in [5.41, 5.74) is -0.476. The predicted molar refractivity (Wildman–Crippen MR) is 68.8 cm³/mol. The summed E-state index contributed by atoms with van der Waals surface area (Å²) in [6.45, 7) is -0.314. The Hall–Kier alpha value is -1.69. The van der Waals surface area contributed by atoms with Gasteiger partial charge in [-0.1, -0.05) is 0 Å². The number of benzene rings is 1. The van der Waals surface area contributed by atoms with Crippen LogP contribution in [0.2, 0.25) is 0 Å². The molecular formula is C14H17F2NO3. The molecule has 0 aromatic heterocycles. The van der Waals surface area contributed by atoms with Crippen LogP contribution in [0.15, 0.2) is 24.3 Å². The van der Waals surface area contributed by atoms with Crippen molar-refractivity contribution in [3.05, 3.63) is 29.8 Å². The van der Waals surface area contributed by atoms with E-state index in [0.717, 1.165) is 6.42 Å². The summed E-state index contributed by atoms with van der Waals surface area (Å²) in [5, 5.41) is 9.99. The van der Waals surface area contributed by atoms with Gasteiger partial charge in [-0.05, 0) is 44.0 Å². The highest BCUT2D eigenvalue weighted by molar-refractivity contribution is 5.94. The van der Waals surface area contributed by atoms with Crippen molar-refractivity contribution in [2.45, 2.75) is 32.0 Å². The number of amides is 1. The lowest BCUT2D eigenvalue weighted by molar-refractivity contribution is -0.0498. The van der Waals surface area contributed by atoms with E-state index in [0.29, 0.717) is 18.5 Å². The van der Waals surface area contributed by atoms with E-state index >= 15 is 0 Å². The first-order valence-corrected chi connectivity index (χ1v) is 6.44. The van der Waals surface area contributed by atoms with Gasteiger partial charge in [0.05, 0.1) is 5.60 Å². The molecule has 110 valence electrons. The Labute approximate surface area is 116 Å². The van der Waals surface area contributed by atoms with Crippen molar-refractivity contribution in [3.8, 4) is 5.75 Å². The van der Waals surface area contributed by atoms with Crippen LogP contribution in [0.1, 0.15) is 30.1 Å². The van der Waals surface area contributed by atoms with E-state index in [1.807, 2.05) is 0 Å². The van der Waals surface area contributed by atoms with Gasteiger partial charge in [0.15, 0.2) is 0 Å². The number of nitrogens with zero attached hydrogens (tertiary/aromatic N) is 1. The Kier molecular flexibility index (Phi) is 4.23. The van der Waals surface area contributed by atoms with Gasteiger partial charge in [-0.25, -0.2) is 0 Å². The molecule has 0 spiro atoms. The monoisotopic (exact) mass is 285 g/mol. The third kappa shape index (κ3) is 3.66. The van der Waals surface area contributed by atoms with E-state index in [-0.39, 0.29) is 18.2 Å². The van der Waals surface area contributed by atoms with E-state index in [9.17, 15) is 18.7 Å². The molecule has 1 unspecified atom stereocenters. The molecule has 20 heavy (non-hydrogen) atoms. The van der Waals surface area contributed by atoms with Gasteiger partial charge < -0.3 is 14.7 Å². The number of β-amino-alcohol motifs (C(OH)–C–C–N with tert-alkyl or cyclic N) is 1. The van der Waals surface area contributed by atoms with E-state index < -0.39 is 12.2 Å². The van der Waals surface area contributed by atoms with Crippen LogP contribution in [-0.2, 0) is 0 Å². The molecule has 1 aliphatic heterocycles. The maximum Gasteiger partial charge on any atom is 0.387 e. The molecule has 4 nitrogen and oxygen atoms in total. The lowest BCUT2D eigenvalue weighted by Crippen LogP contribution is -2.48. The molecule has 1 atom stereocenters. The Morgan fingerprint density at radius 2 is 2.05 bits per heavy atom. The molecule has 1 aromatic carbocycles. The van der Waals surface area contributed by atoms with Gasteiger partial charge in [0.2, 0.25) is 0 Å². The van der Waals surface area contributed by atoms with Crippen molar-refractivity contribution < 1.29 is 23.4 Å². The summed E-state index contributed by atoms with van der Waals surface area (Å²) >= 11 is 0. The van der Waals surface area contributed by atoms with Crippen molar-refractivity contribution >= 4 is 5.91 Å². The average molecular weight is 285 g/mol. The van der Waals surface area contributed by atoms with Crippen LogP contribution in [-0.4, -0.2) is 41.2 Å². The van der Waals surface area contributed by atoms with Gasteiger partial charge in [0.1, 0.15) is 5.75 Å². The zero-order valence-corrected chi connectivity index (χ0v) is 11.2. The number of carbonyl (C=O) groups is 1. The highest BCUT2D eigenvalue weighted by Gasteiger charge is 2.31. The predicted octanol–water partition coefficient (Wildman–Crippen LogP) is 2.28. The molecule has 1 aromatic rings. The summed E-state index contributed by atoms with van der Waals surface area (Å²) in [5.74, 6) is -0.198. The minimum Gasteiger partial charge on any atom is -0.435 e. The third-order valence-corrected chi connectivity index (χ3v) is 3.29. The second-order valence-electron chi connectivity index (χ2n) is 5.23. The first-order valence-electron chi connectivity index (χ1n) is 6.44. The number of aliphatic hydroxyl groups is 1. The summed E-state index contributed by atoms with van der Waals surface area (Å²) in [6, 6.07) is 5.57. The Morgan fingerprint density at radius 1 is 1.40 bits per heavy atom. The Bertz CT molecular complexity index is 474. The first-order chi connectivity index (χ1) is 9.37. The largest absolute Gasteiger partial charge is 0.435 e. The van der Waals surface area contributed by atoms with Crippen LogP contribution in [0.4, 0.5) is 8.78 Å². The molecule has 1 fully saturated rings. The van der Waals surface area contributed by atoms with Crippen molar-refractivity contribution in [1.82, 2.24) is 4.90 Å². The van der Waals surface area contributed by atoms with Gasteiger partial charge in [0, 0.05) is 18.7 Å². The Balaban J connectivity index is 2.05. The first kappa shape index (κ1) is 14.7. The van der Waals surface area contributed by atoms with Crippen LogP contribution in [0, 0.1) is 0 Å². The molecular weight excluding hydrogens is 268 g/mol. The van der Waals surface area contributed by atoms with Crippen LogP contribution in [0.3, 0.4) is 0 Å². The molecule has 6 heteroatoms. The summed E-state index contributed by atoms with van der Waals surface area (Å²) in [6.07, 6.45) is 1.41. The highest BCUT2D eigenvalue weighted by Crippen LogP contribution is 2.22. The second kappa shape index (κ2) is 5.75. The standard InChI is InChI=1S/C14H17F2NO3/c1-14(19)7-2-8-17(9-14)12(18)10-3-5-11(6-4-10)20-13(15)16/h3-6,13,19H,2,7-9H2,1H3. The van der Waals surface area contributed by atoms with Crippen molar-refractivity contribution in [3.63, 3.8) is 0 Å². The number of alkyl halides is 2. The van der Waals surface area contributed by atoms with Gasteiger partial charge in [0.25, 0.3) is 5.91 Å². The van der Waals surface area contributed by atoms with E-state index in [4.69, 9.17) is 0 Å². The fourth-order valence-corrected chi connectivity index (χ4v) is 2.35.